The van der Waals surface area contributed by atoms with E-state index in [4.69, 9.17) is 4.98 Å². The van der Waals surface area contributed by atoms with Gasteiger partial charge in [-0.25, -0.2) is 13.4 Å². The van der Waals surface area contributed by atoms with Crippen molar-refractivity contribution in [2.24, 2.45) is 0 Å². The van der Waals surface area contributed by atoms with Gasteiger partial charge in [-0.05, 0) is 30.0 Å². The highest BCUT2D eigenvalue weighted by Crippen LogP contribution is 2.31. The van der Waals surface area contributed by atoms with Crippen LogP contribution in [0, 0.1) is 0 Å². The van der Waals surface area contributed by atoms with Crippen LogP contribution in [0.1, 0.15) is 40.9 Å². The lowest BCUT2D eigenvalue weighted by molar-refractivity contribution is 0.0936. The SMILES string of the molecule is CC[C@H](NC(=O)c1c(CCS(C)(=O)=O)c(-c2ccccc2)nc2ccccc12)c1ccccc1. The molecular formula is C28H28N2O3S. The van der Waals surface area contributed by atoms with Gasteiger partial charge in [-0.1, -0.05) is 85.8 Å². The van der Waals surface area contributed by atoms with E-state index in [1.54, 1.807) is 0 Å². The monoisotopic (exact) mass is 472 g/mol. The quantitative estimate of drug-likeness (QED) is 0.374. The summed E-state index contributed by atoms with van der Waals surface area (Å²) in [5.74, 6) is -0.293. The van der Waals surface area contributed by atoms with Crippen molar-refractivity contribution in [3.63, 3.8) is 0 Å². The Balaban J connectivity index is 1.90. The lowest BCUT2D eigenvalue weighted by atomic mass is 9.94. The lowest BCUT2D eigenvalue weighted by Gasteiger charge is -2.21. The first-order valence-corrected chi connectivity index (χ1v) is 13.4. The van der Waals surface area contributed by atoms with Crippen molar-refractivity contribution in [2.75, 3.05) is 12.0 Å². The van der Waals surface area contributed by atoms with Crippen molar-refractivity contribution in [1.82, 2.24) is 10.3 Å². The molecule has 0 saturated carbocycles. The molecule has 0 aliphatic rings. The normalized spacial score (nSPS) is 12.4. The number of carbonyl (C=O) groups is 1. The van der Waals surface area contributed by atoms with E-state index in [0.29, 0.717) is 27.7 Å². The fourth-order valence-electron chi connectivity index (χ4n) is 4.21. The van der Waals surface area contributed by atoms with Gasteiger partial charge in [-0.3, -0.25) is 4.79 Å². The standard InChI is InChI=1S/C28H28N2O3S/c1-3-24(20-12-6-4-7-13-20)30-28(31)26-22-16-10-11-17-25(22)29-27(21-14-8-5-9-15-21)23(26)18-19-34(2,32)33/h4-17,24H,3,18-19H2,1-2H3,(H,30,31)/t24-/m0/s1. The molecule has 1 N–H and O–H groups in total. The molecule has 0 spiro atoms. The number of para-hydroxylation sites is 1. The Morgan fingerprint density at radius 2 is 1.53 bits per heavy atom. The molecule has 5 nitrogen and oxygen atoms in total. The average molecular weight is 473 g/mol. The Morgan fingerprint density at radius 1 is 0.912 bits per heavy atom. The number of rotatable bonds is 8. The molecule has 6 heteroatoms. The predicted octanol–water partition coefficient (Wildman–Crippen LogP) is 5.37. The zero-order valence-electron chi connectivity index (χ0n) is 19.4. The number of carbonyl (C=O) groups excluding carboxylic acids is 1. The molecule has 1 atom stereocenters. The van der Waals surface area contributed by atoms with Crippen LogP contribution in [-0.4, -0.2) is 31.3 Å². The molecule has 0 radical (unpaired) electrons. The van der Waals surface area contributed by atoms with Crippen LogP contribution in [0.15, 0.2) is 84.9 Å². The van der Waals surface area contributed by atoms with Crippen LogP contribution >= 0.6 is 0 Å². The summed E-state index contributed by atoms with van der Waals surface area (Å²) in [6.45, 7) is 2.03. The Hall–Kier alpha value is -3.51. The number of fused-ring (bicyclic) bond motifs is 1. The van der Waals surface area contributed by atoms with Gasteiger partial charge in [0.25, 0.3) is 5.91 Å². The number of pyridine rings is 1. The molecule has 174 valence electrons. The van der Waals surface area contributed by atoms with Gasteiger partial charge >= 0.3 is 0 Å². The fourth-order valence-corrected chi connectivity index (χ4v) is 4.79. The summed E-state index contributed by atoms with van der Waals surface area (Å²) in [5.41, 5.74) is 4.35. The van der Waals surface area contributed by atoms with E-state index in [2.05, 4.69) is 5.32 Å². The van der Waals surface area contributed by atoms with Crippen LogP contribution < -0.4 is 5.32 Å². The Labute approximate surface area is 200 Å². The highest BCUT2D eigenvalue weighted by atomic mass is 32.2. The highest BCUT2D eigenvalue weighted by molar-refractivity contribution is 7.90. The molecule has 4 aromatic rings. The summed E-state index contributed by atoms with van der Waals surface area (Å²) >= 11 is 0. The van der Waals surface area contributed by atoms with Gasteiger partial charge in [-0.15, -0.1) is 0 Å². The maximum atomic E-state index is 13.8. The van der Waals surface area contributed by atoms with Gasteiger partial charge in [0.15, 0.2) is 0 Å². The van der Waals surface area contributed by atoms with Crippen LogP contribution in [0.5, 0.6) is 0 Å². The van der Waals surface area contributed by atoms with Gasteiger partial charge in [0.2, 0.25) is 0 Å². The summed E-state index contributed by atoms with van der Waals surface area (Å²) in [6, 6.07) is 26.8. The first kappa shape index (κ1) is 23.6. The molecule has 0 bridgehead atoms. The number of hydrogen-bond donors (Lipinski definition) is 1. The van der Waals surface area contributed by atoms with Gasteiger partial charge in [0, 0.05) is 17.2 Å². The third-order valence-corrected chi connectivity index (χ3v) is 6.85. The first-order chi connectivity index (χ1) is 16.4. The summed E-state index contributed by atoms with van der Waals surface area (Å²) in [5, 5.41) is 3.91. The van der Waals surface area contributed by atoms with E-state index < -0.39 is 9.84 Å². The second kappa shape index (κ2) is 10.2. The lowest BCUT2D eigenvalue weighted by Crippen LogP contribution is -2.30. The summed E-state index contributed by atoms with van der Waals surface area (Å²) in [4.78, 5) is 18.7. The maximum absolute atomic E-state index is 13.8. The molecule has 0 unspecified atom stereocenters. The fraction of sp³-hybridized carbons (Fsp3) is 0.214. The minimum absolute atomic E-state index is 0.0664. The first-order valence-electron chi connectivity index (χ1n) is 11.4. The molecule has 0 fully saturated rings. The van der Waals surface area contributed by atoms with Crippen molar-refractivity contribution in [2.45, 2.75) is 25.8 Å². The van der Waals surface area contributed by atoms with Crippen LogP contribution in [0.25, 0.3) is 22.2 Å². The maximum Gasteiger partial charge on any atom is 0.252 e. The zero-order valence-corrected chi connectivity index (χ0v) is 20.2. The predicted molar refractivity (Wildman–Crippen MR) is 138 cm³/mol. The number of benzene rings is 3. The molecule has 0 aliphatic carbocycles. The van der Waals surface area contributed by atoms with E-state index in [1.165, 1.54) is 6.26 Å². The second-order valence-electron chi connectivity index (χ2n) is 8.42. The molecule has 0 saturated heterocycles. The van der Waals surface area contributed by atoms with Crippen molar-refractivity contribution in [3.8, 4) is 11.3 Å². The molecule has 34 heavy (non-hydrogen) atoms. The second-order valence-corrected chi connectivity index (χ2v) is 10.7. The number of hydrogen-bond acceptors (Lipinski definition) is 4. The number of nitrogens with zero attached hydrogens (tertiary/aromatic N) is 1. The Bertz CT molecular complexity index is 1400. The molecule has 1 amide bonds. The van der Waals surface area contributed by atoms with Gasteiger partial charge < -0.3 is 5.32 Å². The minimum Gasteiger partial charge on any atom is -0.345 e. The molecule has 0 aliphatic heterocycles. The molecule has 3 aromatic carbocycles. The summed E-state index contributed by atoms with van der Waals surface area (Å²) in [6.07, 6.45) is 2.14. The average Bonchev–Trinajstić information content (AvgIpc) is 2.85. The van der Waals surface area contributed by atoms with E-state index >= 15 is 0 Å². The van der Waals surface area contributed by atoms with Crippen molar-refractivity contribution in [1.29, 1.82) is 0 Å². The van der Waals surface area contributed by atoms with Crippen LogP contribution in [-0.2, 0) is 16.3 Å². The van der Waals surface area contributed by atoms with Crippen LogP contribution in [0.3, 0.4) is 0 Å². The van der Waals surface area contributed by atoms with Crippen molar-refractivity contribution in [3.05, 3.63) is 102 Å². The Morgan fingerprint density at radius 3 is 2.18 bits per heavy atom. The van der Waals surface area contributed by atoms with E-state index in [9.17, 15) is 13.2 Å². The van der Waals surface area contributed by atoms with Crippen molar-refractivity contribution < 1.29 is 13.2 Å². The van der Waals surface area contributed by atoms with Crippen molar-refractivity contribution >= 4 is 26.6 Å². The topological polar surface area (TPSA) is 76.1 Å². The summed E-state index contributed by atoms with van der Waals surface area (Å²) in [7, 11) is -3.25. The molecule has 1 aromatic heterocycles. The third-order valence-electron chi connectivity index (χ3n) is 5.91. The van der Waals surface area contributed by atoms with Gasteiger partial charge in [-0.2, -0.15) is 0 Å². The van der Waals surface area contributed by atoms with Crippen LogP contribution in [0.4, 0.5) is 0 Å². The molecule has 1 heterocycles. The van der Waals surface area contributed by atoms with Gasteiger partial charge in [0.05, 0.1) is 28.6 Å². The van der Waals surface area contributed by atoms with Gasteiger partial charge in [0.1, 0.15) is 9.84 Å². The van der Waals surface area contributed by atoms with E-state index in [-0.39, 0.29) is 24.1 Å². The number of aromatic nitrogens is 1. The third kappa shape index (κ3) is 5.34. The molecule has 4 rings (SSSR count). The number of sulfone groups is 1. The summed E-state index contributed by atoms with van der Waals surface area (Å²) < 4.78 is 24.2. The minimum atomic E-state index is -3.25. The van der Waals surface area contributed by atoms with Crippen LogP contribution in [0.2, 0.25) is 0 Å². The largest absolute Gasteiger partial charge is 0.345 e. The highest BCUT2D eigenvalue weighted by Gasteiger charge is 2.24. The Kier molecular flexibility index (Phi) is 7.08. The zero-order chi connectivity index (χ0) is 24.1. The van der Waals surface area contributed by atoms with E-state index in [1.807, 2.05) is 91.9 Å². The smallest absolute Gasteiger partial charge is 0.252 e. The number of amides is 1. The number of nitrogens with one attached hydrogen (secondary N) is 1. The molecular weight excluding hydrogens is 444 g/mol. The van der Waals surface area contributed by atoms with E-state index in [0.717, 1.165) is 17.5 Å².